The van der Waals surface area contributed by atoms with E-state index in [2.05, 4.69) is 0 Å². The van der Waals surface area contributed by atoms with Crippen LogP contribution < -0.4 is 10.5 Å². The Hall–Kier alpha value is -0.840. The van der Waals surface area contributed by atoms with Gasteiger partial charge < -0.3 is 15.6 Å². The van der Waals surface area contributed by atoms with Gasteiger partial charge in [-0.15, -0.1) is 0 Å². The molecule has 0 amide bonds. The van der Waals surface area contributed by atoms with E-state index in [4.69, 9.17) is 22.1 Å². The highest BCUT2D eigenvalue weighted by Crippen LogP contribution is 2.35. The van der Waals surface area contributed by atoms with E-state index in [0.29, 0.717) is 18.5 Å². The number of hydrogen-bond acceptors (Lipinski definition) is 3. The van der Waals surface area contributed by atoms with Crippen LogP contribution in [0.1, 0.15) is 18.1 Å². The Bertz CT molecular complexity index is 346. The highest BCUT2D eigenvalue weighted by molar-refractivity contribution is 6.32. The number of rotatable bonds is 4. The molecule has 0 heterocycles. The van der Waals surface area contributed by atoms with Crippen molar-refractivity contribution in [3.05, 3.63) is 28.5 Å². The predicted molar refractivity (Wildman–Crippen MR) is 56.6 cm³/mol. The second-order valence-corrected chi connectivity index (χ2v) is 3.45. The van der Waals surface area contributed by atoms with Gasteiger partial charge in [0.05, 0.1) is 13.2 Å². The first-order chi connectivity index (χ1) is 7.11. The van der Waals surface area contributed by atoms with E-state index < -0.39 is 11.9 Å². The van der Waals surface area contributed by atoms with Crippen molar-refractivity contribution < 1.29 is 14.2 Å². The van der Waals surface area contributed by atoms with Crippen molar-refractivity contribution in [2.45, 2.75) is 12.5 Å². The van der Waals surface area contributed by atoms with E-state index in [1.165, 1.54) is 19.2 Å². The summed E-state index contributed by atoms with van der Waals surface area (Å²) in [4.78, 5) is 0. The summed E-state index contributed by atoms with van der Waals surface area (Å²) < 4.78 is 18.0. The van der Waals surface area contributed by atoms with Gasteiger partial charge >= 0.3 is 0 Å². The predicted octanol–water partition coefficient (Wildman–Crippen LogP) is 1.87. The van der Waals surface area contributed by atoms with Gasteiger partial charge in [-0.05, 0) is 25.1 Å². The Morgan fingerprint density at radius 2 is 2.27 bits per heavy atom. The minimum atomic E-state index is -0.789. The topological polar surface area (TPSA) is 55.5 Å². The summed E-state index contributed by atoms with van der Waals surface area (Å²) in [5, 5.41) is 9.59. The lowest BCUT2D eigenvalue weighted by Gasteiger charge is -2.15. The normalized spacial score (nSPS) is 12.6. The van der Waals surface area contributed by atoms with Crippen molar-refractivity contribution in [3.63, 3.8) is 0 Å². The van der Waals surface area contributed by atoms with E-state index in [1.54, 1.807) is 0 Å². The van der Waals surface area contributed by atoms with Crippen molar-refractivity contribution >= 4 is 11.6 Å². The molecule has 15 heavy (non-hydrogen) atoms. The summed E-state index contributed by atoms with van der Waals surface area (Å²) in [5.74, 6) is -0.408. The van der Waals surface area contributed by atoms with Crippen molar-refractivity contribution in [2.75, 3.05) is 13.7 Å². The van der Waals surface area contributed by atoms with Crippen LogP contribution in [0.4, 0.5) is 4.39 Å². The van der Waals surface area contributed by atoms with E-state index in [9.17, 15) is 9.50 Å². The van der Waals surface area contributed by atoms with Crippen LogP contribution in [0, 0.1) is 5.82 Å². The summed E-state index contributed by atoms with van der Waals surface area (Å²) in [6.45, 7) is 0.333. The van der Waals surface area contributed by atoms with Gasteiger partial charge in [-0.1, -0.05) is 11.6 Å². The molecular weight excluding hydrogens is 221 g/mol. The van der Waals surface area contributed by atoms with E-state index >= 15 is 0 Å². The average molecular weight is 234 g/mol. The molecule has 0 radical (unpaired) electrons. The molecule has 0 saturated heterocycles. The lowest BCUT2D eigenvalue weighted by Crippen LogP contribution is -2.08. The van der Waals surface area contributed by atoms with Gasteiger partial charge in [-0.3, -0.25) is 0 Å². The molecule has 1 atom stereocenters. The summed E-state index contributed by atoms with van der Waals surface area (Å²) in [5.41, 5.74) is 5.77. The molecule has 1 aromatic carbocycles. The van der Waals surface area contributed by atoms with Crippen molar-refractivity contribution in [2.24, 2.45) is 5.73 Å². The van der Waals surface area contributed by atoms with Crippen LogP contribution in [-0.2, 0) is 0 Å². The molecule has 3 nitrogen and oxygen atoms in total. The van der Waals surface area contributed by atoms with Gasteiger partial charge in [0.25, 0.3) is 0 Å². The smallest absolute Gasteiger partial charge is 0.146 e. The van der Waals surface area contributed by atoms with Crippen LogP contribution in [0.25, 0.3) is 0 Å². The van der Waals surface area contributed by atoms with E-state index in [1.807, 2.05) is 0 Å². The fraction of sp³-hybridized carbons (Fsp3) is 0.400. The molecule has 0 spiro atoms. The molecule has 0 fully saturated rings. The fourth-order valence-electron chi connectivity index (χ4n) is 1.33. The molecule has 1 aromatic rings. The number of nitrogens with two attached hydrogens (primary N) is 1. The molecule has 0 aromatic heterocycles. The first kappa shape index (κ1) is 12.2. The number of aliphatic hydroxyl groups excluding tert-OH is 1. The fourth-order valence-corrected chi connectivity index (χ4v) is 1.58. The first-order valence-electron chi connectivity index (χ1n) is 4.51. The number of halogens is 2. The van der Waals surface area contributed by atoms with Crippen LogP contribution >= 0.6 is 11.6 Å². The zero-order valence-corrected chi connectivity index (χ0v) is 9.09. The third kappa shape index (κ3) is 2.59. The lowest BCUT2D eigenvalue weighted by atomic mass is 10.1. The quantitative estimate of drug-likeness (QED) is 0.835. The average Bonchev–Trinajstić information content (AvgIpc) is 2.22. The molecule has 0 aliphatic carbocycles. The minimum Gasteiger partial charge on any atom is -0.495 e. The molecule has 1 rings (SSSR count). The maximum absolute atomic E-state index is 13.1. The van der Waals surface area contributed by atoms with Crippen LogP contribution in [-0.4, -0.2) is 18.8 Å². The zero-order valence-electron chi connectivity index (χ0n) is 8.34. The first-order valence-corrected chi connectivity index (χ1v) is 4.89. The second-order valence-electron chi connectivity index (χ2n) is 3.08. The minimum absolute atomic E-state index is 0.119. The third-order valence-corrected chi connectivity index (χ3v) is 2.44. The van der Waals surface area contributed by atoms with Gasteiger partial charge in [-0.2, -0.15) is 0 Å². The molecular formula is C10H13ClFNO2. The van der Waals surface area contributed by atoms with E-state index in [0.717, 1.165) is 0 Å². The van der Waals surface area contributed by atoms with Gasteiger partial charge in [0, 0.05) is 5.56 Å². The number of ether oxygens (including phenoxy) is 1. The lowest BCUT2D eigenvalue weighted by molar-refractivity contribution is 0.166. The Morgan fingerprint density at radius 3 is 2.80 bits per heavy atom. The van der Waals surface area contributed by atoms with E-state index in [-0.39, 0.29) is 10.8 Å². The number of methoxy groups -OCH3 is 1. The van der Waals surface area contributed by atoms with Crippen molar-refractivity contribution in [3.8, 4) is 5.75 Å². The largest absolute Gasteiger partial charge is 0.495 e. The molecule has 5 heteroatoms. The molecule has 0 aliphatic heterocycles. The highest BCUT2D eigenvalue weighted by atomic mass is 35.5. The standard InChI is InChI=1S/C10H13ClFNO2/c1-15-10-6(8(14)4-5-13)2-3-7(12)9(10)11/h2-3,8,14H,4-5,13H2,1H3. The number of aliphatic hydroxyl groups is 1. The van der Waals surface area contributed by atoms with Crippen LogP contribution in [0.2, 0.25) is 5.02 Å². The zero-order chi connectivity index (χ0) is 11.4. The Labute approximate surface area is 92.6 Å². The summed E-state index contributed by atoms with van der Waals surface area (Å²) in [6, 6.07) is 2.64. The molecule has 84 valence electrons. The van der Waals surface area contributed by atoms with Crippen molar-refractivity contribution in [1.82, 2.24) is 0 Å². The summed E-state index contributed by atoms with van der Waals surface area (Å²) in [6.07, 6.45) is -0.416. The molecule has 0 aliphatic rings. The maximum atomic E-state index is 13.1. The van der Waals surface area contributed by atoms with Crippen LogP contribution in [0.5, 0.6) is 5.75 Å². The third-order valence-electron chi connectivity index (χ3n) is 2.08. The number of hydrogen-bond donors (Lipinski definition) is 2. The molecule has 1 unspecified atom stereocenters. The SMILES string of the molecule is COc1c(C(O)CCN)ccc(F)c1Cl. The molecule has 0 saturated carbocycles. The van der Waals surface area contributed by atoms with Gasteiger partial charge in [0.15, 0.2) is 0 Å². The molecule has 3 N–H and O–H groups in total. The second kappa shape index (κ2) is 5.30. The van der Waals surface area contributed by atoms with Gasteiger partial charge in [0.2, 0.25) is 0 Å². The van der Waals surface area contributed by atoms with Crippen LogP contribution in [0.3, 0.4) is 0 Å². The molecule has 0 bridgehead atoms. The maximum Gasteiger partial charge on any atom is 0.146 e. The Morgan fingerprint density at radius 1 is 1.60 bits per heavy atom. The monoisotopic (exact) mass is 233 g/mol. The summed E-state index contributed by atoms with van der Waals surface area (Å²) in [7, 11) is 1.37. The highest BCUT2D eigenvalue weighted by Gasteiger charge is 2.17. The van der Waals surface area contributed by atoms with Crippen LogP contribution in [0.15, 0.2) is 12.1 Å². The Kier molecular flexibility index (Phi) is 4.32. The Balaban J connectivity index is 3.12. The van der Waals surface area contributed by atoms with Gasteiger partial charge in [0.1, 0.15) is 16.6 Å². The van der Waals surface area contributed by atoms with Crippen molar-refractivity contribution in [1.29, 1.82) is 0 Å². The van der Waals surface area contributed by atoms with Gasteiger partial charge in [-0.25, -0.2) is 4.39 Å². The summed E-state index contributed by atoms with van der Waals surface area (Å²) >= 11 is 5.70. The number of benzene rings is 1.